The van der Waals surface area contributed by atoms with Crippen LogP contribution in [0.4, 0.5) is 5.69 Å². The lowest BCUT2D eigenvalue weighted by atomic mass is 10.3. The standard InChI is InChI=1S/C11H14N2O3/c1-3-16-11(15)8(2)12-13-9-6-4-5-7-10(9)14/h4-7,13-14H,3H2,1-2H3/b12-8-. The molecule has 0 unspecified atom stereocenters. The number of carbonyl (C=O) groups is 1. The minimum Gasteiger partial charge on any atom is -0.506 e. The minimum absolute atomic E-state index is 0.0721. The predicted molar refractivity (Wildman–Crippen MR) is 61.5 cm³/mol. The van der Waals surface area contributed by atoms with Crippen molar-refractivity contribution in [3.63, 3.8) is 0 Å². The highest BCUT2D eigenvalue weighted by atomic mass is 16.5. The second kappa shape index (κ2) is 5.75. The first-order valence-electron chi connectivity index (χ1n) is 4.90. The number of phenols is 1. The van der Waals surface area contributed by atoms with Crippen molar-refractivity contribution in [3.8, 4) is 5.75 Å². The molecule has 0 atom stereocenters. The first kappa shape index (κ1) is 12.0. The third-order valence-corrected chi connectivity index (χ3v) is 1.82. The SMILES string of the molecule is CCOC(=O)/C(C)=N\Nc1ccccc1O. The Bertz CT molecular complexity index is 402. The fraction of sp³-hybridized carbons (Fsp3) is 0.273. The molecule has 0 radical (unpaired) electrons. The van der Waals surface area contributed by atoms with Crippen LogP contribution in [0.25, 0.3) is 0 Å². The van der Waals surface area contributed by atoms with Gasteiger partial charge in [0.25, 0.3) is 0 Å². The van der Waals surface area contributed by atoms with Gasteiger partial charge in [0, 0.05) is 0 Å². The number of aromatic hydroxyl groups is 1. The Balaban J connectivity index is 2.66. The molecule has 0 bridgehead atoms. The Kier molecular flexibility index (Phi) is 4.32. The van der Waals surface area contributed by atoms with Crippen LogP contribution in [0.1, 0.15) is 13.8 Å². The lowest BCUT2D eigenvalue weighted by Gasteiger charge is -2.04. The molecular weight excluding hydrogens is 208 g/mol. The zero-order valence-corrected chi connectivity index (χ0v) is 9.23. The van der Waals surface area contributed by atoms with Crippen LogP contribution in [0.15, 0.2) is 29.4 Å². The summed E-state index contributed by atoms with van der Waals surface area (Å²) >= 11 is 0. The highest BCUT2D eigenvalue weighted by Gasteiger charge is 2.06. The number of hydrogen-bond donors (Lipinski definition) is 2. The maximum Gasteiger partial charge on any atom is 0.354 e. The highest BCUT2D eigenvalue weighted by molar-refractivity contribution is 6.35. The van der Waals surface area contributed by atoms with Gasteiger partial charge in [0.15, 0.2) is 0 Å². The first-order valence-corrected chi connectivity index (χ1v) is 4.90. The Hall–Kier alpha value is -2.04. The van der Waals surface area contributed by atoms with E-state index in [4.69, 9.17) is 4.74 Å². The van der Waals surface area contributed by atoms with Crippen LogP contribution in [-0.2, 0) is 9.53 Å². The molecule has 0 heterocycles. The third-order valence-electron chi connectivity index (χ3n) is 1.82. The summed E-state index contributed by atoms with van der Waals surface area (Å²) in [6.45, 7) is 3.56. The van der Waals surface area contributed by atoms with Crippen LogP contribution in [0.3, 0.4) is 0 Å². The zero-order chi connectivity index (χ0) is 12.0. The molecule has 0 aliphatic heterocycles. The van der Waals surface area contributed by atoms with Gasteiger partial charge in [-0.25, -0.2) is 4.79 Å². The van der Waals surface area contributed by atoms with Gasteiger partial charge < -0.3 is 9.84 Å². The molecule has 16 heavy (non-hydrogen) atoms. The molecule has 1 rings (SSSR count). The number of benzene rings is 1. The number of para-hydroxylation sites is 2. The fourth-order valence-corrected chi connectivity index (χ4v) is 0.993. The number of hydrazone groups is 1. The third kappa shape index (κ3) is 3.27. The molecule has 2 N–H and O–H groups in total. The van der Waals surface area contributed by atoms with Gasteiger partial charge in [0.1, 0.15) is 11.5 Å². The topological polar surface area (TPSA) is 70.9 Å². The average molecular weight is 222 g/mol. The number of esters is 1. The van der Waals surface area contributed by atoms with E-state index in [-0.39, 0.29) is 11.5 Å². The Morgan fingerprint density at radius 1 is 1.50 bits per heavy atom. The second-order valence-electron chi connectivity index (χ2n) is 3.05. The monoisotopic (exact) mass is 222 g/mol. The fourth-order valence-electron chi connectivity index (χ4n) is 0.993. The van der Waals surface area contributed by atoms with E-state index < -0.39 is 5.97 Å². The van der Waals surface area contributed by atoms with Gasteiger partial charge in [0.05, 0.1) is 12.3 Å². The summed E-state index contributed by atoms with van der Waals surface area (Å²) in [5.41, 5.74) is 3.22. The molecular formula is C11H14N2O3. The maximum atomic E-state index is 11.2. The Labute approximate surface area is 93.7 Å². The summed E-state index contributed by atoms with van der Waals surface area (Å²) in [5, 5.41) is 13.2. The lowest BCUT2D eigenvalue weighted by Crippen LogP contribution is -2.15. The van der Waals surface area contributed by atoms with Gasteiger partial charge in [-0.3, -0.25) is 5.43 Å². The highest BCUT2D eigenvalue weighted by Crippen LogP contribution is 2.21. The van der Waals surface area contributed by atoms with Crippen LogP contribution in [0, 0.1) is 0 Å². The predicted octanol–water partition coefficient (Wildman–Crippen LogP) is 1.74. The van der Waals surface area contributed by atoms with E-state index in [9.17, 15) is 9.90 Å². The molecule has 0 fully saturated rings. The van der Waals surface area contributed by atoms with Crippen molar-refractivity contribution >= 4 is 17.4 Å². The smallest absolute Gasteiger partial charge is 0.354 e. The largest absolute Gasteiger partial charge is 0.506 e. The van der Waals surface area contributed by atoms with Gasteiger partial charge in [0.2, 0.25) is 0 Å². The van der Waals surface area contributed by atoms with Crippen molar-refractivity contribution in [3.05, 3.63) is 24.3 Å². The number of phenolic OH excluding ortho intramolecular Hbond substituents is 1. The molecule has 0 spiro atoms. The van der Waals surface area contributed by atoms with Crippen molar-refractivity contribution in [2.45, 2.75) is 13.8 Å². The number of hydrogen-bond acceptors (Lipinski definition) is 5. The molecule has 0 aliphatic carbocycles. The number of nitrogens with zero attached hydrogens (tertiary/aromatic N) is 1. The quantitative estimate of drug-likeness (QED) is 0.352. The number of nitrogens with one attached hydrogen (secondary N) is 1. The van der Waals surface area contributed by atoms with Crippen LogP contribution < -0.4 is 5.43 Å². The van der Waals surface area contributed by atoms with Crippen LogP contribution in [-0.4, -0.2) is 23.4 Å². The molecule has 86 valence electrons. The summed E-state index contributed by atoms with van der Waals surface area (Å²) in [6.07, 6.45) is 0. The van der Waals surface area contributed by atoms with Crippen molar-refractivity contribution < 1.29 is 14.6 Å². The molecule has 1 aromatic carbocycles. The van der Waals surface area contributed by atoms with Gasteiger partial charge >= 0.3 is 5.97 Å². The van der Waals surface area contributed by atoms with E-state index in [1.165, 1.54) is 13.0 Å². The molecule has 0 aliphatic rings. The summed E-state index contributed by atoms with van der Waals surface area (Å²) in [5.74, 6) is -0.409. The van der Waals surface area contributed by atoms with Crippen molar-refractivity contribution in [2.24, 2.45) is 5.10 Å². The number of carbonyl (C=O) groups excluding carboxylic acids is 1. The average Bonchev–Trinajstić information content (AvgIpc) is 2.28. The van der Waals surface area contributed by atoms with Gasteiger partial charge in [-0.05, 0) is 26.0 Å². The summed E-state index contributed by atoms with van der Waals surface area (Å²) in [4.78, 5) is 11.2. The molecule has 0 saturated carbocycles. The number of rotatable bonds is 4. The molecule has 0 saturated heterocycles. The summed E-state index contributed by atoms with van der Waals surface area (Å²) in [7, 11) is 0. The van der Waals surface area contributed by atoms with E-state index in [1.54, 1.807) is 25.1 Å². The Morgan fingerprint density at radius 3 is 2.81 bits per heavy atom. The van der Waals surface area contributed by atoms with E-state index in [2.05, 4.69) is 10.5 Å². The van der Waals surface area contributed by atoms with Gasteiger partial charge in [-0.1, -0.05) is 12.1 Å². The van der Waals surface area contributed by atoms with Gasteiger partial charge in [-0.15, -0.1) is 0 Å². The van der Waals surface area contributed by atoms with E-state index >= 15 is 0 Å². The van der Waals surface area contributed by atoms with Crippen molar-refractivity contribution in [2.75, 3.05) is 12.0 Å². The molecule has 0 aromatic heterocycles. The summed E-state index contributed by atoms with van der Waals surface area (Å²) < 4.78 is 4.75. The summed E-state index contributed by atoms with van der Waals surface area (Å²) in [6, 6.07) is 6.62. The van der Waals surface area contributed by atoms with E-state index in [0.29, 0.717) is 12.3 Å². The van der Waals surface area contributed by atoms with Crippen LogP contribution in [0.5, 0.6) is 5.75 Å². The molecule has 1 aromatic rings. The van der Waals surface area contributed by atoms with E-state index in [1.807, 2.05) is 0 Å². The van der Waals surface area contributed by atoms with E-state index in [0.717, 1.165) is 0 Å². The second-order valence-corrected chi connectivity index (χ2v) is 3.05. The lowest BCUT2D eigenvalue weighted by molar-refractivity contribution is -0.135. The molecule has 0 amide bonds. The van der Waals surface area contributed by atoms with Gasteiger partial charge in [-0.2, -0.15) is 5.10 Å². The van der Waals surface area contributed by atoms with Crippen molar-refractivity contribution in [1.29, 1.82) is 0 Å². The number of ether oxygens (including phenoxy) is 1. The normalized spacial score (nSPS) is 11.0. The molecule has 5 heteroatoms. The number of anilines is 1. The van der Waals surface area contributed by atoms with Crippen LogP contribution in [0.2, 0.25) is 0 Å². The molecule has 5 nitrogen and oxygen atoms in total. The van der Waals surface area contributed by atoms with Crippen molar-refractivity contribution in [1.82, 2.24) is 0 Å². The first-order chi connectivity index (χ1) is 7.65. The zero-order valence-electron chi connectivity index (χ0n) is 9.23. The minimum atomic E-state index is -0.481. The van der Waals surface area contributed by atoms with Crippen LogP contribution >= 0.6 is 0 Å². The Morgan fingerprint density at radius 2 is 2.19 bits per heavy atom. The maximum absolute atomic E-state index is 11.2.